The minimum absolute atomic E-state index is 0.105. The molecule has 1 amide bonds. The van der Waals surface area contributed by atoms with E-state index in [1.807, 2.05) is 0 Å². The van der Waals surface area contributed by atoms with Gasteiger partial charge in [0.2, 0.25) is 0 Å². The van der Waals surface area contributed by atoms with E-state index in [1.165, 1.54) is 36.1 Å². The van der Waals surface area contributed by atoms with E-state index in [9.17, 15) is 23.2 Å². The van der Waals surface area contributed by atoms with Gasteiger partial charge in [-0.15, -0.1) is 0 Å². The summed E-state index contributed by atoms with van der Waals surface area (Å²) < 4.78 is 47.5. The molecule has 0 bridgehead atoms. The second-order valence-corrected chi connectivity index (χ2v) is 10.1. The molecule has 1 saturated heterocycles. The number of likely N-dealkylation sites (tertiary alicyclic amines) is 1. The zero-order valence-corrected chi connectivity index (χ0v) is 20.6. The van der Waals surface area contributed by atoms with Gasteiger partial charge in [0.1, 0.15) is 11.2 Å². The van der Waals surface area contributed by atoms with E-state index in [-0.39, 0.29) is 18.5 Å². The summed E-state index contributed by atoms with van der Waals surface area (Å²) in [6.45, 7) is 11.2. The van der Waals surface area contributed by atoms with Crippen molar-refractivity contribution >= 4 is 18.2 Å². The monoisotopic (exact) mass is 485 g/mol. The number of nitrogens with zero attached hydrogens (tertiary/aromatic N) is 1. The molecule has 2 rings (SSSR count). The van der Waals surface area contributed by atoms with Crippen LogP contribution in [0.15, 0.2) is 24.3 Å². The third-order valence-electron chi connectivity index (χ3n) is 4.77. The fourth-order valence-electron chi connectivity index (χ4n) is 3.50. The molecule has 1 aromatic carbocycles. The Morgan fingerprint density at radius 2 is 1.53 bits per heavy atom. The van der Waals surface area contributed by atoms with Gasteiger partial charge in [0.05, 0.1) is 12.6 Å². The molecule has 3 atom stereocenters. The van der Waals surface area contributed by atoms with Crippen molar-refractivity contribution in [3.05, 3.63) is 35.4 Å². The predicted molar refractivity (Wildman–Crippen MR) is 118 cm³/mol. The van der Waals surface area contributed by atoms with Gasteiger partial charge in [0, 0.05) is 12.5 Å². The molecule has 0 saturated carbocycles. The van der Waals surface area contributed by atoms with Crippen molar-refractivity contribution in [3.8, 4) is 0 Å². The second kappa shape index (κ2) is 10.6. The van der Waals surface area contributed by atoms with Crippen molar-refractivity contribution in [1.82, 2.24) is 4.90 Å². The third-order valence-corrected chi connectivity index (χ3v) is 4.77. The lowest BCUT2D eigenvalue weighted by molar-refractivity contribution is -0.153. The number of carbonyl (C=O) groups excluding carboxylic acids is 3. The summed E-state index contributed by atoms with van der Waals surface area (Å²) in [5.74, 6) is -0.633. The van der Waals surface area contributed by atoms with Crippen LogP contribution in [0.25, 0.3) is 0 Å². The maximum Gasteiger partial charge on any atom is 0.509 e. The molecule has 0 aromatic heterocycles. The average Bonchev–Trinajstić information content (AvgIpc) is 2.96. The highest BCUT2D eigenvalue weighted by molar-refractivity contribution is 5.71. The molecule has 1 fully saturated rings. The first-order valence-electron chi connectivity index (χ1n) is 11.0. The van der Waals surface area contributed by atoms with Crippen LogP contribution in [0.4, 0.5) is 18.4 Å². The number of ether oxygens (including phenoxy) is 4. The molecule has 0 aliphatic carbocycles. The first-order chi connectivity index (χ1) is 15.6. The van der Waals surface area contributed by atoms with Crippen LogP contribution in [-0.2, 0) is 30.2 Å². The molecule has 1 heterocycles. The number of hydrogen-bond acceptors (Lipinski definition) is 7. The summed E-state index contributed by atoms with van der Waals surface area (Å²) in [5, 5.41) is 0. The van der Waals surface area contributed by atoms with Crippen molar-refractivity contribution < 1.29 is 42.1 Å². The van der Waals surface area contributed by atoms with Crippen LogP contribution in [-0.4, -0.2) is 59.1 Å². The summed E-state index contributed by atoms with van der Waals surface area (Å²) >= 11 is 0. The molecule has 190 valence electrons. The van der Waals surface area contributed by atoms with Gasteiger partial charge in [0.25, 0.3) is 6.43 Å². The molecule has 1 aromatic rings. The number of amides is 1. The van der Waals surface area contributed by atoms with Crippen molar-refractivity contribution in [2.45, 2.75) is 90.8 Å². The lowest BCUT2D eigenvalue weighted by atomic mass is 10.00. The van der Waals surface area contributed by atoms with Gasteiger partial charge in [-0.25, -0.2) is 18.4 Å². The Bertz CT molecular complexity index is 875. The Hall–Kier alpha value is -2.91. The molecular formula is C24H33F2NO7. The number of hydrogen-bond donors (Lipinski definition) is 0. The number of halogens is 2. The first-order valence-corrected chi connectivity index (χ1v) is 11.0. The zero-order valence-electron chi connectivity index (χ0n) is 20.6. The molecule has 1 aliphatic heterocycles. The van der Waals surface area contributed by atoms with E-state index in [1.54, 1.807) is 41.5 Å². The van der Waals surface area contributed by atoms with Crippen LogP contribution in [0.5, 0.6) is 0 Å². The second-order valence-electron chi connectivity index (χ2n) is 10.1. The van der Waals surface area contributed by atoms with Crippen LogP contribution in [0.1, 0.15) is 66.0 Å². The van der Waals surface area contributed by atoms with Gasteiger partial charge in [0.15, 0.2) is 12.2 Å². The summed E-state index contributed by atoms with van der Waals surface area (Å²) in [5.41, 5.74) is -1.13. The summed E-state index contributed by atoms with van der Waals surface area (Å²) in [7, 11) is 0. The van der Waals surface area contributed by atoms with Crippen LogP contribution in [0.3, 0.4) is 0 Å². The van der Waals surface area contributed by atoms with E-state index in [4.69, 9.17) is 18.9 Å². The standard InChI is InChI=1S/C24H33F2NO7/c1-14(28)31-19-17(12-15-8-10-16(11-9-15)20(25)26)27(21(29)33-23(2,3)4)13-18(19)32-22(30)34-24(5,6)7/h8-11,17-20H,12-13H2,1-7H3/t17-,18+,19+/m1/s1. The van der Waals surface area contributed by atoms with Crippen LogP contribution in [0, 0.1) is 0 Å². The lowest BCUT2D eigenvalue weighted by Crippen LogP contribution is -2.45. The number of rotatable bonds is 5. The van der Waals surface area contributed by atoms with Gasteiger partial charge in [-0.2, -0.15) is 0 Å². The van der Waals surface area contributed by atoms with Crippen molar-refractivity contribution in [1.29, 1.82) is 0 Å². The van der Waals surface area contributed by atoms with Crippen molar-refractivity contribution in [2.24, 2.45) is 0 Å². The minimum atomic E-state index is -2.61. The molecule has 0 unspecified atom stereocenters. The SMILES string of the molecule is CC(=O)O[C@@H]1[C@@H](OC(=O)OC(C)(C)C)CN(C(=O)OC(C)(C)C)[C@@H]1Cc1ccc(C(F)F)cc1. The topological polar surface area (TPSA) is 91.4 Å². The van der Waals surface area contributed by atoms with Gasteiger partial charge in [-0.1, -0.05) is 24.3 Å². The van der Waals surface area contributed by atoms with Gasteiger partial charge < -0.3 is 18.9 Å². The Labute approximate surface area is 198 Å². The van der Waals surface area contributed by atoms with Crippen LogP contribution >= 0.6 is 0 Å². The molecule has 10 heteroatoms. The van der Waals surface area contributed by atoms with E-state index < -0.39 is 54.1 Å². The van der Waals surface area contributed by atoms with E-state index in [0.29, 0.717) is 5.56 Å². The fourth-order valence-corrected chi connectivity index (χ4v) is 3.50. The highest BCUT2D eigenvalue weighted by atomic mass is 19.3. The van der Waals surface area contributed by atoms with Gasteiger partial charge in [-0.3, -0.25) is 9.69 Å². The average molecular weight is 486 g/mol. The number of esters is 1. The van der Waals surface area contributed by atoms with Crippen molar-refractivity contribution in [2.75, 3.05) is 6.54 Å². The molecular weight excluding hydrogens is 452 g/mol. The Balaban J connectivity index is 2.36. The molecule has 8 nitrogen and oxygen atoms in total. The smallest absolute Gasteiger partial charge is 0.456 e. The zero-order chi connectivity index (χ0) is 25.8. The van der Waals surface area contributed by atoms with Crippen LogP contribution in [0.2, 0.25) is 0 Å². The predicted octanol–water partition coefficient (Wildman–Crippen LogP) is 5.04. The van der Waals surface area contributed by atoms with Crippen molar-refractivity contribution in [3.63, 3.8) is 0 Å². The molecule has 1 aliphatic rings. The Morgan fingerprint density at radius 1 is 0.971 bits per heavy atom. The number of carbonyl (C=O) groups is 3. The summed E-state index contributed by atoms with van der Waals surface area (Å²) in [6, 6.07) is 4.84. The van der Waals surface area contributed by atoms with Gasteiger partial charge >= 0.3 is 18.2 Å². The molecule has 0 radical (unpaired) electrons. The maximum atomic E-state index is 13.0. The molecule has 0 N–H and O–H groups in total. The quantitative estimate of drug-likeness (QED) is 0.426. The van der Waals surface area contributed by atoms with Crippen LogP contribution < -0.4 is 0 Å². The fraction of sp³-hybridized carbons (Fsp3) is 0.625. The van der Waals surface area contributed by atoms with E-state index in [2.05, 4.69) is 0 Å². The largest absolute Gasteiger partial charge is 0.509 e. The van der Waals surface area contributed by atoms with E-state index in [0.717, 1.165) is 0 Å². The number of alkyl halides is 2. The number of benzene rings is 1. The minimum Gasteiger partial charge on any atom is -0.456 e. The van der Waals surface area contributed by atoms with E-state index >= 15 is 0 Å². The highest BCUT2D eigenvalue weighted by Crippen LogP contribution is 2.30. The normalized spacial score (nSPS) is 20.8. The summed E-state index contributed by atoms with van der Waals surface area (Å²) in [4.78, 5) is 38.5. The molecule has 0 spiro atoms. The Kier molecular flexibility index (Phi) is 8.50. The molecule has 34 heavy (non-hydrogen) atoms. The maximum absolute atomic E-state index is 13.0. The Morgan fingerprint density at radius 3 is 2.00 bits per heavy atom. The lowest BCUT2D eigenvalue weighted by Gasteiger charge is -2.30. The highest BCUT2D eigenvalue weighted by Gasteiger charge is 2.49. The summed E-state index contributed by atoms with van der Waals surface area (Å²) in [6.07, 6.45) is -6.16. The first kappa shape index (κ1) is 27.3. The third kappa shape index (κ3) is 8.14. The van der Waals surface area contributed by atoms with Gasteiger partial charge in [-0.05, 0) is 53.5 Å².